The van der Waals surface area contributed by atoms with Crippen LogP contribution in [0.25, 0.3) is 0 Å². The fraction of sp³-hybridized carbons (Fsp3) is 0.200. The first kappa shape index (κ1) is 13.4. The molecule has 8 nitrogen and oxygen atoms in total. The highest BCUT2D eigenvalue weighted by Gasteiger charge is 2.07. The lowest BCUT2D eigenvalue weighted by molar-refractivity contribution is -0.754. The lowest BCUT2D eigenvalue weighted by Gasteiger charge is -2.05. The first-order valence-corrected chi connectivity index (χ1v) is 4.83. The Morgan fingerprint density at radius 3 is 2.44 bits per heavy atom. The van der Waals surface area contributed by atoms with Crippen LogP contribution in [0, 0.1) is 10.1 Å². The quantitative estimate of drug-likeness (QED) is 0.359. The average molecular weight is 254 g/mol. The van der Waals surface area contributed by atoms with Gasteiger partial charge < -0.3 is 14.9 Å². The van der Waals surface area contributed by atoms with Crippen LogP contribution in [0.15, 0.2) is 24.3 Å². The van der Waals surface area contributed by atoms with Gasteiger partial charge in [-0.15, -0.1) is 10.1 Å². The Bertz CT molecular complexity index is 456. The maximum atomic E-state index is 11.1. The highest BCUT2D eigenvalue weighted by atomic mass is 17.0. The monoisotopic (exact) mass is 254 g/mol. The number of nitrogens with zero attached hydrogens (tertiary/aromatic N) is 1. The van der Waals surface area contributed by atoms with Crippen molar-refractivity contribution in [2.45, 2.75) is 6.92 Å². The molecule has 18 heavy (non-hydrogen) atoms. The van der Waals surface area contributed by atoms with Crippen molar-refractivity contribution < 1.29 is 24.3 Å². The summed E-state index contributed by atoms with van der Waals surface area (Å²) in [5.74, 6) is -0.917. The van der Waals surface area contributed by atoms with E-state index >= 15 is 0 Å². The van der Waals surface area contributed by atoms with Crippen LogP contribution in [0.4, 0.5) is 5.69 Å². The number of hydrogen-bond acceptors (Lipinski definition) is 6. The molecule has 0 heterocycles. The predicted molar refractivity (Wildman–Crippen MR) is 59.3 cm³/mol. The van der Waals surface area contributed by atoms with Crippen LogP contribution in [-0.4, -0.2) is 23.6 Å². The highest BCUT2D eigenvalue weighted by Crippen LogP contribution is 2.15. The third-order valence-corrected chi connectivity index (χ3v) is 1.69. The summed E-state index contributed by atoms with van der Waals surface area (Å²) in [7, 11) is 0. The van der Waals surface area contributed by atoms with Crippen molar-refractivity contribution >= 4 is 17.6 Å². The minimum Gasteiger partial charge on any atom is -0.425 e. The molecule has 0 spiro atoms. The zero-order valence-electron chi connectivity index (χ0n) is 9.41. The van der Waals surface area contributed by atoms with Gasteiger partial charge in [0, 0.05) is 12.6 Å². The first-order chi connectivity index (χ1) is 8.47. The zero-order valence-corrected chi connectivity index (χ0v) is 9.41. The number of esters is 1. The lowest BCUT2D eigenvalue weighted by atomic mass is 10.3. The summed E-state index contributed by atoms with van der Waals surface area (Å²) in [5, 5.41) is 11.3. The number of nitrogens with one attached hydrogen (secondary N) is 1. The molecule has 0 fully saturated rings. The van der Waals surface area contributed by atoms with Gasteiger partial charge in [0.25, 0.3) is 5.09 Å². The molecule has 0 aliphatic rings. The predicted octanol–water partition coefficient (Wildman–Crippen LogP) is 0.759. The van der Waals surface area contributed by atoms with Gasteiger partial charge in [-0.05, 0) is 24.3 Å². The third-order valence-electron chi connectivity index (χ3n) is 1.69. The first-order valence-electron chi connectivity index (χ1n) is 4.83. The van der Waals surface area contributed by atoms with Gasteiger partial charge >= 0.3 is 5.97 Å². The molecule has 0 bridgehead atoms. The number of hydrogen-bond donors (Lipinski definition) is 1. The molecule has 0 aliphatic carbocycles. The Morgan fingerprint density at radius 2 is 1.94 bits per heavy atom. The van der Waals surface area contributed by atoms with E-state index < -0.39 is 17.7 Å². The van der Waals surface area contributed by atoms with Gasteiger partial charge in [0.05, 0.1) is 0 Å². The number of carbonyl (C=O) groups is 2. The molecule has 1 aromatic carbocycles. The number of amides is 1. The Morgan fingerprint density at radius 1 is 1.33 bits per heavy atom. The Balaban J connectivity index is 2.50. The van der Waals surface area contributed by atoms with E-state index in [-0.39, 0.29) is 11.7 Å². The SMILES string of the molecule is CC(=O)Nc1ccc(OC(=O)CO[N+](=O)[O-])cc1. The molecule has 0 saturated heterocycles. The molecule has 8 heteroatoms. The largest absolute Gasteiger partial charge is 0.425 e. The summed E-state index contributed by atoms with van der Waals surface area (Å²) < 4.78 is 4.74. The van der Waals surface area contributed by atoms with E-state index in [4.69, 9.17) is 4.74 Å². The van der Waals surface area contributed by atoms with E-state index in [0.29, 0.717) is 5.69 Å². The molecular formula is C10H10N2O6. The maximum Gasteiger partial charge on any atom is 0.337 e. The number of anilines is 1. The summed E-state index contributed by atoms with van der Waals surface area (Å²) in [6, 6.07) is 5.93. The Labute approximate surface area is 102 Å². The van der Waals surface area contributed by atoms with Crippen LogP contribution >= 0.6 is 0 Å². The molecule has 1 N–H and O–H groups in total. The molecular weight excluding hydrogens is 244 g/mol. The Hall–Kier alpha value is -2.64. The second-order valence-corrected chi connectivity index (χ2v) is 3.18. The molecule has 1 rings (SSSR count). The van der Waals surface area contributed by atoms with Gasteiger partial charge in [-0.3, -0.25) is 4.79 Å². The smallest absolute Gasteiger partial charge is 0.337 e. The van der Waals surface area contributed by atoms with Crippen molar-refractivity contribution in [1.29, 1.82) is 0 Å². The molecule has 0 saturated carbocycles. The summed E-state index contributed by atoms with van der Waals surface area (Å²) in [4.78, 5) is 35.5. The topological polar surface area (TPSA) is 108 Å². The summed E-state index contributed by atoms with van der Waals surface area (Å²) >= 11 is 0. The van der Waals surface area contributed by atoms with E-state index in [0.717, 1.165) is 0 Å². The standard InChI is InChI=1S/C10H10N2O6/c1-7(13)11-8-2-4-9(5-3-8)18-10(14)6-17-12(15)16/h2-5H,6H2,1H3,(H,11,13). The number of ether oxygens (including phenoxy) is 1. The number of carbonyl (C=O) groups excluding carboxylic acids is 2. The highest BCUT2D eigenvalue weighted by molar-refractivity contribution is 5.88. The normalized spacial score (nSPS) is 9.39. The number of benzene rings is 1. The molecule has 0 aromatic heterocycles. The number of rotatable bonds is 5. The molecule has 96 valence electrons. The van der Waals surface area contributed by atoms with Crippen molar-refractivity contribution in [1.82, 2.24) is 0 Å². The van der Waals surface area contributed by atoms with E-state index in [1.165, 1.54) is 31.2 Å². The van der Waals surface area contributed by atoms with Crippen LogP contribution in [0.1, 0.15) is 6.92 Å². The summed E-state index contributed by atoms with van der Waals surface area (Å²) in [5.41, 5.74) is 0.545. The molecule has 0 unspecified atom stereocenters. The van der Waals surface area contributed by atoms with Gasteiger partial charge in [0.2, 0.25) is 5.91 Å². The van der Waals surface area contributed by atoms with E-state index in [1.807, 2.05) is 0 Å². The maximum absolute atomic E-state index is 11.1. The minimum atomic E-state index is -1.08. The summed E-state index contributed by atoms with van der Waals surface area (Å²) in [6.45, 7) is 0.587. The van der Waals surface area contributed by atoms with E-state index in [9.17, 15) is 19.7 Å². The van der Waals surface area contributed by atoms with Gasteiger partial charge in [-0.25, -0.2) is 4.79 Å². The average Bonchev–Trinajstić information content (AvgIpc) is 2.28. The van der Waals surface area contributed by atoms with E-state index in [2.05, 4.69) is 10.2 Å². The van der Waals surface area contributed by atoms with Crippen LogP contribution in [-0.2, 0) is 14.4 Å². The summed E-state index contributed by atoms with van der Waals surface area (Å²) in [6.07, 6.45) is 0. The lowest BCUT2D eigenvalue weighted by Crippen LogP contribution is -2.18. The minimum absolute atomic E-state index is 0.195. The van der Waals surface area contributed by atoms with Crippen molar-refractivity contribution in [2.24, 2.45) is 0 Å². The van der Waals surface area contributed by atoms with E-state index in [1.54, 1.807) is 0 Å². The molecule has 1 aromatic rings. The molecule has 0 atom stereocenters. The molecule has 1 amide bonds. The zero-order chi connectivity index (χ0) is 13.5. The van der Waals surface area contributed by atoms with Crippen LogP contribution in [0.3, 0.4) is 0 Å². The second kappa shape index (κ2) is 6.18. The fourth-order valence-corrected chi connectivity index (χ4v) is 1.08. The van der Waals surface area contributed by atoms with Gasteiger partial charge in [-0.1, -0.05) is 0 Å². The van der Waals surface area contributed by atoms with Crippen LogP contribution < -0.4 is 10.1 Å². The van der Waals surface area contributed by atoms with Crippen molar-refractivity contribution in [3.8, 4) is 5.75 Å². The van der Waals surface area contributed by atoms with Gasteiger partial charge in [0.1, 0.15) is 5.75 Å². The second-order valence-electron chi connectivity index (χ2n) is 3.18. The van der Waals surface area contributed by atoms with Crippen molar-refractivity contribution in [3.63, 3.8) is 0 Å². The van der Waals surface area contributed by atoms with Crippen LogP contribution in [0.2, 0.25) is 0 Å². The fourth-order valence-electron chi connectivity index (χ4n) is 1.08. The van der Waals surface area contributed by atoms with Crippen molar-refractivity contribution in [2.75, 3.05) is 11.9 Å². The molecule has 0 radical (unpaired) electrons. The Kier molecular flexibility index (Phi) is 4.61. The van der Waals surface area contributed by atoms with Crippen LogP contribution in [0.5, 0.6) is 5.75 Å². The van der Waals surface area contributed by atoms with Crippen molar-refractivity contribution in [3.05, 3.63) is 34.4 Å². The van der Waals surface area contributed by atoms with Gasteiger partial charge in [-0.2, -0.15) is 0 Å². The third kappa shape index (κ3) is 4.92. The molecule has 0 aliphatic heterocycles. The van der Waals surface area contributed by atoms with Gasteiger partial charge in [0.15, 0.2) is 6.61 Å².